The third-order valence-electron chi connectivity index (χ3n) is 1.22. The lowest BCUT2D eigenvalue weighted by molar-refractivity contribution is 0.885. The SMILES string of the molecule is [c]1cc(-n2cccn2)cs1. The molecule has 2 heterocycles. The van der Waals surface area contributed by atoms with Crippen molar-refractivity contribution < 1.29 is 0 Å². The highest BCUT2D eigenvalue weighted by Crippen LogP contribution is 2.08. The lowest BCUT2D eigenvalue weighted by Crippen LogP contribution is -1.89. The molecule has 2 aromatic heterocycles. The molecule has 0 aromatic carbocycles. The van der Waals surface area contributed by atoms with Gasteiger partial charge in [-0.15, -0.1) is 11.3 Å². The molecule has 1 radical (unpaired) electrons. The fourth-order valence-corrected chi connectivity index (χ4v) is 1.32. The maximum absolute atomic E-state index is 4.06. The predicted octanol–water partition coefficient (Wildman–Crippen LogP) is 1.73. The van der Waals surface area contributed by atoms with Gasteiger partial charge in [-0.2, -0.15) is 5.10 Å². The van der Waals surface area contributed by atoms with Crippen LogP contribution in [0.1, 0.15) is 0 Å². The van der Waals surface area contributed by atoms with Crippen LogP contribution in [0.15, 0.2) is 29.9 Å². The first kappa shape index (κ1) is 5.68. The molecular formula is C7H5N2S. The predicted molar refractivity (Wildman–Crippen MR) is 40.3 cm³/mol. The largest absolute Gasteiger partial charge is 0.240 e. The highest BCUT2D eigenvalue weighted by Gasteiger charge is 1.92. The zero-order chi connectivity index (χ0) is 6.81. The molecule has 2 rings (SSSR count). The van der Waals surface area contributed by atoms with Crippen LogP contribution in [0.4, 0.5) is 0 Å². The van der Waals surface area contributed by atoms with E-state index in [2.05, 4.69) is 10.5 Å². The number of rotatable bonds is 1. The normalized spacial score (nSPS) is 10.0. The molecule has 0 N–H and O–H groups in total. The molecule has 0 aliphatic carbocycles. The van der Waals surface area contributed by atoms with Crippen LogP contribution in [-0.4, -0.2) is 9.78 Å². The lowest BCUT2D eigenvalue weighted by atomic mass is 10.5. The van der Waals surface area contributed by atoms with Crippen LogP contribution >= 0.6 is 11.3 Å². The Bertz CT molecular complexity index is 251. The number of aromatic nitrogens is 2. The zero-order valence-electron chi connectivity index (χ0n) is 5.19. The Morgan fingerprint density at radius 2 is 2.60 bits per heavy atom. The van der Waals surface area contributed by atoms with E-state index in [9.17, 15) is 0 Å². The van der Waals surface area contributed by atoms with Crippen molar-refractivity contribution in [3.8, 4) is 5.69 Å². The van der Waals surface area contributed by atoms with E-state index >= 15 is 0 Å². The van der Waals surface area contributed by atoms with E-state index in [1.54, 1.807) is 17.5 Å². The number of hydrogen-bond acceptors (Lipinski definition) is 2. The third kappa shape index (κ3) is 0.844. The van der Waals surface area contributed by atoms with E-state index in [0.29, 0.717) is 0 Å². The Balaban J connectivity index is 2.48. The van der Waals surface area contributed by atoms with Gasteiger partial charge in [0.05, 0.1) is 5.69 Å². The van der Waals surface area contributed by atoms with Gasteiger partial charge in [-0.3, -0.25) is 0 Å². The van der Waals surface area contributed by atoms with Gasteiger partial charge in [0.15, 0.2) is 0 Å². The summed E-state index contributed by atoms with van der Waals surface area (Å²) in [6, 6.07) is 3.81. The van der Waals surface area contributed by atoms with E-state index in [1.165, 1.54) is 0 Å². The number of hydrogen-bond donors (Lipinski definition) is 0. The molecule has 2 aromatic rings. The molecule has 0 saturated heterocycles. The van der Waals surface area contributed by atoms with Gasteiger partial charge in [-0.25, -0.2) is 4.68 Å². The quantitative estimate of drug-likeness (QED) is 0.603. The summed E-state index contributed by atoms with van der Waals surface area (Å²) >= 11 is 1.55. The maximum Gasteiger partial charge on any atom is 0.0759 e. The van der Waals surface area contributed by atoms with Gasteiger partial charge in [0.1, 0.15) is 0 Å². The Morgan fingerprint density at radius 1 is 1.60 bits per heavy atom. The van der Waals surface area contributed by atoms with Crippen LogP contribution in [0.25, 0.3) is 5.69 Å². The highest BCUT2D eigenvalue weighted by molar-refractivity contribution is 7.07. The second-order valence-corrected chi connectivity index (χ2v) is 2.58. The smallest absolute Gasteiger partial charge is 0.0759 e. The summed E-state index contributed by atoms with van der Waals surface area (Å²) in [5.74, 6) is 0. The average molecular weight is 149 g/mol. The van der Waals surface area contributed by atoms with Crippen LogP contribution in [-0.2, 0) is 0 Å². The van der Waals surface area contributed by atoms with Gasteiger partial charge in [0.25, 0.3) is 0 Å². The maximum atomic E-state index is 4.06. The van der Waals surface area contributed by atoms with Crippen molar-refractivity contribution in [2.45, 2.75) is 0 Å². The van der Waals surface area contributed by atoms with E-state index in [-0.39, 0.29) is 0 Å². The summed E-state index contributed by atoms with van der Waals surface area (Å²) in [5.41, 5.74) is 1.08. The number of nitrogens with zero attached hydrogens (tertiary/aromatic N) is 2. The third-order valence-corrected chi connectivity index (χ3v) is 1.84. The summed E-state index contributed by atoms with van der Waals surface area (Å²) in [6.45, 7) is 0. The standard InChI is InChI=1S/C7H5N2S/c1-3-8-9(4-1)7-2-5-10-6-7/h1-4,6H. The molecule has 0 aliphatic heterocycles. The minimum atomic E-state index is 1.08. The fourth-order valence-electron chi connectivity index (χ4n) is 0.764. The van der Waals surface area contributed by atoms with Crippen LogP contribution in [0.2, 0.25) is 0 Å². The van der Waals surface area contributed by atoms with Gasteiger partial charge < -0.3 is 0 Å². The average Bonchev–Trinajstić information content (AvgIpc) is 2.59. The van der Waals surface area contributed by atoms with Gasteiger partial charge in [-0.05, 0) is 12.1 Å². The lowest BCUT2D eigenvalue weighted by Gasteiger charge is -1.91. The van der Waals surface area contributed by atoms with Crippen molar-refractivity contribution in [1.82, 2.24) is 9.78 Å². The van der Waals surface area contributed by atoms with E-state index in [1.807, 2.05) is 28.4 Å². The first-order chi connectivity index (χ1) is 4.97. The molecule has 0 fully saturated rings. The molecular weight excluding hydrogens is 144 g/mol. The molecule has 0 spiro atoms. The molecule has 49 valence electrons. The molecule has 0 atom stereocenters. The summed E-state index contributed by atoms with van der Waals surface area (Å²) in [6.07, 6.45) is 3.67. The second-order valence-electron chi connectivity index (χ2n) is 1.87. The topological polar surface area (TPSA) is 17.8 Å². The zero-order valence-corrected chi connectivity index (χ0v) is 6.01. The van der Waals surface area contributed by atoms with Gasteiger partial charge >= 0.3 is 0 Å². The monoisotopic (exact) mass is 149 g/mol. The Hall–Kier alpha value is -1.09. The minimum Gasteiger partial charge on any atom is -0.240 e. The van der Waals surface area contributed by atoms with Crippen molar-refractivity contribution in [2.75, 3.05) is 0 Å². The molecule has 0 bridgehead atoms. The van der Waals surface area contributed by atoms with Crippen molar-refractivity contribution in [1.29, 1.82) is 0 Å². The van der Waals surface area contributed by atoms with Crippen LogP contribution in [0.3, 0.4) is 0 Å². The minimum absolute atomic E-state index is 1.08. The summed E-state index contributed by atoms with van der Waals surface area (Å²) in [4.78, 5) is 0. The first-order valence-corrected chi connectivity index (χ1v) is 3.79. The van der Waals surface area contributed by atoms with E-state index in [0.717, 1.165) is 5.69 Å². The van der Waals surface area contributed by atoms with E-state index in [4.69, 9.17) is 0 Å². The molecule has 0 amide bonds. The van der Waals surface area contributed by atoms with Crippen molar-refractivity contribution in [2.24, 2.45) is 0 Å². The molecule has 0 aliphatic rings. The van der Waals surface area contributed by atoms with Gasteiger partial charge in [0, 0.05) is 23.2 Å². The number of thiophene rings is 1. The summed E-state index contributed by atoms with van der Waals surface area (Å²) in [5, 5.41) is 9.07. The molecule has 10 heavy (non-hydrogen) atoms. The molecule has 0 saturated carbocycles. The Morgan fingerprint density at radius 3 is 3.20 bits per heavy atom. The van der Waals surface area contributed by atoms with Crippen molar-refractivity contribution in [3.63, 3.8) is 0 Å². The van der Waals surface area contributed by atoms with Crippen LogP contribution in [0.5, 0.6) is 0 Å². The Kier molecular flexibility index (Phi) is 1.29. The van der Waals surface area contributed by atoms with Crippen molar-refractivity contribution >= 4 is 11.3 Å². The second kappa shape index (κ2) is 2.27. The van der Waals surface area contributed by atoms with Crippen LogP contribution in [0, 0.1) is 5.38 Å². The summed E-state index contributed by atoms with van der Waals surface area (Å²) in [7, 11) is 0. The van der Waals surface area contributed by atoms with Gasteiger partial charge in [0.2, 0.25) is 0 Å². The highest BCUT2D eigenvalue weighted by atomic mass is 32.1. The van der Waals surface area contributed by atoms with Crippen LogP contribution < -0.4 is 0 Å². The molecule has 0 unspecified atom stereocenters. The first-order valence-electron chi connectivity index (χ1n) is 2.91. The van der Waals surface area contributed by atoms with Gasteiger partial charge in [-0.1, -0.05) is 0 Å². The van der Waals surface area contributed by atoms with Crippen molar-refractivity contribution in [3.05, 3.63) is 35.3 Å². The van der Waals surface area contributed by atoms with E-state index < -0.39 is 0 Å². The summed E-state index contributed by atoms with van der Waals surface area (Å²) < 4.78 is 1.81. The molecule has 2 nitrogen and oxygen atoms in total. The Labute approximate surface area is 62.7 Å². The molecule has 3 heteroatoms. The fraction of sp³-hybridized carbons (Fsp3) is 0.